The SMILES string of the molecule is COc1cc(NC(=O)c2cc(Nc3cc(C)on3)ccn2)cc(OC)c1OC. The molecule has 1 amide bonds. The summed E-state index contributed by atoms with van der Waals surface area (Å²) in [4.78, 5) is 16.7. The zero-order chi connectivity index (χ0) is 20.1. The minimum Gasteiger partial charge on any atom is -0.493 e. The number of aromatic nitrogens is 2. The van der Waals surface area contributed by atoms with Gasteiger partial charge in [0.2, 0.25) is 5.75 Å². The van der Waals surface area contributed by atoms with Crippen LogP contribution in [0.25, 0.3) is 0 Å². The number of nitrogens with one attached hydrogen (secondary N) is 2. The molecule has 0 spiro atoms. The molecule has 1 aromatic carbocycles. The highest BCUT2D eigenvalue weighted by Gasteiger charge is 2.16. The van der Waals surface area contributed by atoms with Crippen LogP contribution < -0.4 is 24.8 Å². The quantitative estimate of drug-likeness (QED) is 0.638. The van der Waals surface area contributed by atoms with E-state index in [4.69, 9.17) is 18.7 Å². The molecule has 0 fully saturated rings. The lowest BCUT2D eigenvalue weighted by atomic mass is 10.2. The number of carbonyl (C=O) groups excluding carboxylic acids is 1. The highest BCUT2D eigenvalue weighted by Crippen LogP contribution is 2.40. The number of nitrogens with zero attached hydrogens (tertiary/aromatic N) is 2. The summed E-state index contributed by atoms with van der Waals surface area (Å²) in [5, 5.41) is 9.69. The molecule has 0 aliphatic carbocycles. The van der Waals surface area contributed by atoms with Gasteiger partial charge in [0.15, 0.2) is 17.3 Å². The van der Waals surface area contributed by atoms with Crippen LogP contribution in [0.3, 0.4) is 0 Å². The van der Waals surface area contributed by atoms with E-state index in [0.717, 1.165) is 0 Å². The smallest absolute Gasteiger partial charge is 0.274 e. The van der Waals surface area contributed by atoms with Crippen molar-refractivity contribution in [3.8, 4) is 17.2 Å². The zero-order valence-electron chi connectivity index (χ0n) is 15.9. The molecule has 0 bridgehead atoms. The summed E-state index contributed by atoms with van der Waals surface area (Å²) in [6.07, 6.45) is 1.53. The number of hydrogen-bond acceptors (Lipinski definition) is 8. The topological polar surface area (TPSA) is 108 Å². The van der Waals surface area contributed by atoms with E-state index in [1.165, 1.54) is 27.5 Å². The number of pyridine rings is 1. The van der Waals surface area contributed by atoms with E-state index in [2.05, 4.69) is 20.8 Å². The highest BCUT2D eigenvalue weighted by molar-refractivity contribution is 6.03. The number of carbonyl (C=O) groups is 1. The number of rotatable bonds is 7. The zero-order valence-corrected chi connectivity index (χ0v) is 15.9. The largest absolute Gasteiger partial charge is 0.493 e. The van der Waals surface area contributed by atoms with Crippen molar-refractivity contribution in [1.29, 1.82) is 0 Å². The summed E-state index contributed by atoms with van der Waals surface area (Å²) in [5.74, 6) is 2.13. The number of methoxy groups -OCH3 is 3. The Kier molecular flexibility index (Phi) is 5.64. The van der Waals surface area contributed by atoms with Gasteiger partial charge in [0.25, 0.3) is 5.91 Å². The average molecular weight is 384 g/mol. The van der Waals surface area contributed by atoms with Crippen LogP contribution >= 0.6 is 0 Å². The predicted molar refractivity (Wildman–Crippen MR) is 103 cm³/mol. The minimum absolute atomic E-state index is 0.221. The van der Waals surface area contributed by atoms with Crippen LogP contribution in [-0.4, -0.2) is 37.4 Å². The van der Waals surface area contributed by atoms with Crippen molar-refractivity contribution in [3.63, 3.8) is 0 Å². The van der Waals surface area contributed by atoms with E-state index in [-0.39, 0.29) is 5.69 Å². The molecule has 0 saturated heterocycles. The van der Waals surface area contributed by atoms with E-state index in [9.17, 15) is 4.79 Å². The fourth-order valence-electron chi connectivity index (χ4n) is 2.55. The molecule has 0 aliphatic heterocycles. The van der Waals surface area contributed by atoms with Crippen molar-refractivity contribution < 1.29 is 23.5 Å². The lowest BCUT2D eigenvalue weighted by molar-refractivity contribution is 0.102. The van der Waals surface area contributed by atoms with E-state index in [1.807, 2.05) is 0 Å². The van der Waals surface area contributed by atoms with Gasteiger partial charge in [0.05, 0.1) is 21.3 Å². The van der Waals surface area contributed by atoms with Crippen LogP contribution in [0.4, 0.5) is 17.2 Å². The van der Waals surface area contributed by atoms with Crippen LogP contribution in [0.1, 0.15) is 16.2 Å². The Hall–Kier alpha value is -3.75. The first-order valence-corrected chi connectivity index (χ1v) is 8.31. The number of benzene rings is 1. The van der Waals surface area contributed by atoms with E-state index in [1.54, 1.807) is 37.3 Å². The molecule has 0 aliphatic rings. The first kappa shape index (κ1) is 19.0. The Morgan fingerprint density at radius 2 is 1.71 bits per heavy atom. The summed E-state index contributed by atoms with van der Waals surface area (Å²) < 4.78 is 20.9. The standard InChI is InChI=1S/C19H20N4O5/c1-11-7-17(23-28-11)21-12-5-6-20-14(8-12)19(24)22-13-9-15(25-2)18(27-4)16(10-13)26-3/h5-10H,1-4H3,(H,22,24)(H,20,21,23). The van der Waals surface area contributed by atoms with Gasteiger partial charge in [-0.05, 0) is 19.1 Å². The Morgan fingerprint density at radius 3 is 2.29 bits per heavy atom. The van der Waals surface area contributed by atoms with Crippen molar-refractivity contribution in [3.05, 3.63) is 48.0 Å². The molecule has 9 nitrogen and oxygen atoms in total. The van der Waals surface area contributed by atoms with Crippen LogP contribution in [0.5, 0.6) is 17.2 Å². The third-order valence-corrected chi connectivity index (χ3v) is 3.82. The summed E-state index contributed by atoms with van der Waals surface area (Å²) in [6, 6.07) is 8.35. The number of aryl methyl sites for hydroxylation is 1. The molecule has 146 valence electrons. The highest BCUT2D eigenvalue weighted by atomic mass is 16.5. The maximum absolute atomic E-state index is 12.6. The average Bonchev–Trinajstić information content (AvgIpc) is 3.11. The molecule has 2 aromatic heterocycles. The van der Waals surface area contributed by atoms with Crippen LogP contribution in [0, 0.1) is 6.92 Å². The number of anilines is 3. The molecular weight excluding hydrogens is 364 g/mol. The number of ether oxygens (including phenoxy) is 3. The molecule has 0 radical (unpaired) electrons. The summed E-state index contributed by atoms with van der Waals surface area (Å²) in [6.45, 7) is 1.79. The third-order valence-electron chi connectivity index (χ3n) is 3.82. The van der Waals surface area contributed by atoms with Gasteiger partial charge in [-0.1, -0.05) is 5.16 Å². The Labute approximate surface area is 161 Å². The predicted octanol–water partition coefficient (Wildman–Crippen LogP) is 3.40. The molecule has 0 saturated carbocycles. The normalized spacial score (nSPS) is 10.3. The molecule has 2 heterocycles. The fourth-order valence-corrected chi connectivity index (χ4v) is 2.55. The van der Waals surface area contributed by atoms with Gasteiger partial charge in [-0.3, -0.25) is 9.78 Å². The van der Waals surface area contributed by atoms with Crippen molar-refractivity contribution >= 4 is 23.1 Å². The van der Waals surface area contributed by atoms with E-state index in [0.29, 0.717) is 40.2 Å². The van der Waals surface area contributed by atoms with Gasteiger partial charge in [-0.25, -0.2) is 0 Å². The number of hydrogen-bond donors (Lipinski definition) is 2. The molecule has 3 rings (SSSR count). The van der Waals surface area contributed by atoms with Crippen molar-refractivity contribution in [2.45, 2.75) is 6.92 Å². The Bertz CT molecular complexity index is 961. The van der Waals surface area contributed by atoms with Crippen LogP contribution in [-0.2, 0) is 0 Å². The Balaban J connectivity index is 1.80. The monoisotopic (exact) mass is 384 g/mol. The molecule has 3 aromatic rings. The Morgan fingerprint density at radius 1 is 1.00 bits per heavy atom. The van der Waals surface area contributed by atoms with Gasteiger partial charge in [0, 0.05) is 35.8 Å². The van der Waals surface area contributed by atoms with Gasteiger partial charge in [-0.2, -0.15) is 0 Å². The fraction of sp³-hybridized carbons (Fsp3) is 0.211. The van der Waals surface area contributed by atoms with Gasteiger partial charge >= 0.3 is 0 Å². The molecule has 28 heavy (non-hydrogen) atoms. The second-order valence-corrected chi connectivity index (χ2v) is 5.75. The van der Waals surface area contributed by atoms with Crippen LogP contribution in [0.15, 0.2) is 41.1 Å². The second-order valence-electron chi connectivity index (χ2n) is 5.75. The van der Waals surface area contributed by atoms with E-state index < -0.39 is 5.91 Å². The molecule has 0 atom stereocenters. The van der Waals surface area contributed by atoms with Gasteiger partial charge in [0.1, 0.15) is 11.5 Å². The van der Waals surface area contributed by atoms with Crippen molar-refractivity contribution in [1.82, 2.24) is 10.1 Å². The lowest BCUT2D eigenvalue weighted by Crippen LogP contribution is -2.14. The van der Waals surface area contributed by atoms with E-state index >= 15 is 0 Å². The van der Waals surface area contributed by atoms with Gasteiger partial charge in [-0.15, -0.1) is 0 Å². The number of amides is 1. The third kappa shape index (κ3) is 4.14. The summed E-state index contributed by atoms with van der Waals surface area (Å²) >= 11 is 0. The second kappa shape index (κ2) is 8.30. The first-order valence-electron chi connectivity index (χ1n) is 8.31. The van der Waals surface area contributed by atoms with Crippen molar-refractivity contribution in [2.24, 2.45) is 0 Å². The van der Waals surface area contributed by atoms with Crippen LogP contribution in [0.2, 0.25) is 0 Å². The van der Waals surface area contributed by atoms with Crippen molar-refractivity contribution in [2.75, 3.05) is 32.0 Å². The molecule has 2 N–H and O–H groups in total. The maximum atomic E-state index is 12.6. The first-order chi connectivity index (χ1) is 13.5. The summed E-state index contributed by atoms with van der Waals surface area (Å²) in [7, 11) is 4.52. The molecular formula is C19H20N4O5. The lowest BCUT2D eigenvalue weighted by Gasteiger charge is -2.14. The molecule has 0 unspecified atom stereocenters. The minimum atomic E-state index is -0.394. The maximum Gasteiger partial charge on any atom is 0.274 e. The molecule has 9 heteroatoms. The summed E-state index contributed by atoms with van der Waals surface area (Å²) in [5.41, 5.74) is 1.35. The van der Waals surface area contributed by atoms with Gasteiger partial charge < -0.3 is 29.4 Å².